The van der Waals surface area contributed by atoms with E-state index in [1.54, 1.807) is 0 Å². The quantitative estimate of drug-likeness (QED) is 0.817. The van der Waals surface area contributed by atoms with Gasteiger partial charge in [0.25, 0.3) is 0 Å². The molecule has 1 N–H and O–H groups in total. The van der Waals surface area contributed by atoms with E-state index < -0.39 is 0 Å². The molecule has 0 bridgehead atoms. The van der Waals surface area contributed by atoms with Crippen LogP contribution in [0.3, 0.4) is 0 Å². The summed E-state index contributed by atoms with van der Waals surface area (Å²) in [4.78, 5) is 10.9. The van der Waals surface area contributed by atoms with Crippen molar-refractivity contribution in [1.29, 1.82) is 0 Å². The van der Waals surface area contributed by atoms with Crippen LogP contribution in [0.4, 0.5) is 5.95 Å². The average Bonchev–Trinajstić information content (AvgIpc) is 3.12. The van der Waals surface area contributed by atoms with Gasteiger partial charge in [-0.15, -0.1) is 0 Å². The fourth-order valence-electron chi connectivity index (χ4n) is 1.96. The Bertz CT molecular complexity index is 346. The maximum absolute atomic E-state index is 9.07. The number of anilines is 1. The van der Waals surface area contributed by atoms with E-state index >= 15 is 0 Å². The van der Waals surface area contributed by atoms with Gasteiger partial charge in [-0.1, -0.05) is 13.8 Å². The van der Waals surface area contributed by atoms with Crippen LogP contribution in [-0.4, -0.2) is 34.8 Å². The first kappa shape index (κ1) is 12.3. The molecule has 0 aromatic carbocycles. The van der Waals surface area contributed by atoms with Gasteiger partial charge in [-0.2, -0.15) is 0 Å². The highest BCUT2D eigenvalue weighted by atomic mass is 16.3. The number of aliphatic hydroxyl groups is 1. The average molecular weight is 235 g/mol. The molecule has 1 aromatic rings. The molecule has 0 radical (unpaired) electrons. The number of hydrogen-bond acceptors (Lipinski definition) is 4. The lowest BCUT2D eigenvalue weighted by molar-refractivity contribution is 0.299. The van der Waals surface area contributed by atoms with Crippen LogP contribution in [-0.2, 0) is 0 Å². The summed E-state index contributed by atoms with van der Waals surface area (Å²) in [5.41, 5.74) is 1.25. The standard InChI is InChI=1S/C13H21N3O/c1-10(2)9-16(5-6-17)13-14-7-12(8-15-13)11-3-4-11/h7-8,10-11,17H,3-6,9H2,1-2H3. The van der Waals surface area contributed by atoms with Crippen molar-refractivity contribution in [2.45, 2.75) is 32.6 Å². The molecule has 1 saturated carbocycles. The van der Waals surface area contributed by atoms with Gasteiger partial charge in [0.15, 0.2) is 0 Å². The van der Waals surface area contributed by atoms with Gasteiger partial charge in [-0.05, 0) is 30.2 Å². The normalized spacial score (nSPS) is 15.3. The third-order valence-electron chi connectivity index (χ3n) is 2.95. The number of rotatable bonds is 6. The SMILES string of the molecule is CC(C)CN(CCO)c1ncc(C2CC2)cn1. The summed E-state index contributed by atoms with van der Waals surface area (Å²) in [5.74, 6) is 1.96. The highest BCUT2D eigenvalue weighted by molar-refractivity contribution is 5.31. The van der Waals surface area contributed by atoms with E-state index in [1.807, 2.05) is 17.3 Å². The van der Waals surface area contributed by atoms with Crippen molar-refractivity contribution in [3.63, 3.8) is 0 Å². The van der Waals surface area contributed by atoms with Gasteiger partial charge in [0.2, 0.25) is 5.95 Å². The van der Waals surface area contributed by atoms with Gasteiger partial charge in [0, 0.05) is 25.5 Å². The zero-order chi connectivity index (χ0) is 12.3. The van der Waals surface area contributed by atoms with E-state index in [4.69, 9.17) is 5.11 Å². The fraction of sp³-hybridized carbons (Fsp3) is 0.692. The monoisotopic (exact) mass is 235 g/mol. The molecule has 2 rings (SSSR count). The molecule has 94 valence electrons. The lowest BCUT2D eigenvalue weighted by Crippen LogP contribution is -2.32. The summed E-state index contributed by atoms with van der Waals surface area (Å²) >= 11 is 0. The maximum atomic E-state index is 9.07. The van der Waals surface area contributed by atoms with E-state index in [2.05, 4.69) is 23.8 Å². The Balaban J connectivity index is 2.05. The van der Waals surface area contributed by atoms with Crippen molar-refractivity contribution >= 4 is 5.95 Å². The first-order chi connectivity index (χ1) is 8.20. The Morgan fingerprint density at radius 3 is 2.47 bits per heavy atom. The number of aliphatic hydroxyl groups excluding tert-OH is 1. The number of nitrogens with zero attached hydrogens (tertiary/aromatic N) is 3. The Morgan fingerprint density at radius 2 is 2.00 bits per heavy atom. The van der Waals surface area contributed by atoms with Gasteiger partial charge < -0.3 is 10.0 Å². The summed E-state index contributed by atoms with van der Waals surface area (Å²) in [6.45, 7) is 5.93. The summed E-state index contributed by atoms with van der Waals surface area (Å²) in [6.07, 6.45) is 6.42. The molecule has 0 unspecified atom stereocenters. The fourth-order valence-corrected chi connectivity index (χ4v) is 1.96. The molecule has 0 atom stereocenters. The lowest BCUT2D eigenvalue weighted by atomic mass is 10.2. The van der Waals surface area contributed by atoms with E-state index in [0.717, 1.165) is 12.5 Å². The summed E-state index contributed by atoms with van der Waals surface area (Å²) in [6, 6.07) is 0. The predicted molar refractivity (Wildman–Crippen MR) is 68.1 cm³/mol. The van der Waals surface area contributed by atoms with E-state index in [9.17, 15) is 0 Å². The van der Waals surface area contributed by atoms with Crippen LogP contribution in [0, 0.1) is 5.92 Å². The molecule has 17 heavy (non-hydrogen) atoms. The zero-order valence-corrected chi connectivity index (χ0v) is 10.6. The molecule has 1 heterocycles. The van der Waals surface area contributed by atoms with Crippen molar-refractivity contribution in [3.8, 4) is 0 Å². The minimum Gasteiger partial charge on any atom is -0.395 e. The molecule has 0 saturated heterocycles. The second-order valence-corrected chi connectivity index (χ2v) is 5.15. The molecule has 4 nitrogen and oxygen atoms in total. The summed E-state index contributed by atoms with van der Waals surface area (Å²) in [5, 5.41) is 9.07. The van der Waals surface area contributed by atoms with Crippen LogP contribution in [0.2, 0.25) is 0 Å². The van der Waals surface area contributed by atoms with Gasteiger partial charge in [-0.25, -0.2) is 9.97 Å². The first-order valence-corrected chi connectivity index (χ1v) is 6.38. The van der Waals surface area contributed by atoms with Gasteiger partial charge in [-0.3, -0.25) is 0 Å². The third-order valence-corrected chi connectivity index (χ3v) is 2.95. The Hall–Kier alpha value is -1.16. The van der Waals surface area contributed by atoms with Gasteiger partial charge in [0.1, 0.15) is 0 Å². The lowest BCUT2D eigenvalue weighted by Gasteiger charge is -2.23. The molecule has 0 amide bonds. The van der Waals surface area contributed by atoms with Crippen molar-refractivity contribution < 1.29 is 5.11 Å². The summed E-state index contributed by atoms with van der Waals surface area (Å²) < 4.78 is 0. The predicted octanol–water partition coefficient (Wildman–Crippen LogP) is 1.81. The molecule has 0 spiro atoms. The van der Waals surface area contributed by atoms with Crippen molar-refractivity contribution in [1.82, 2.24) is 9.97 Å². The number of hydrogen-bond donors (Lipinski definition) is 1. The van der Waals surface area contributed by atoms with Crippen LogP contribution < -0.4 is 4.90 Å². The Kier molecular flexibility index (Phi) is 3.94. The highest BCUT2D eigenvalue weighted by Gasteiger charge is 2.24. The molecule has 0 aliphatic heterocycles. The number of aromatic nitrogens is 2. The summed E-state index contributed by atoms with van der Waals surface area (Å²) in [7, 11) is 0. The topological polar surface area (TPSA) is 49.2 Å². The molecular weight excluding hydrogens is 214 g/mol. The zero-order valence-electron chi connectivity index (χ0n) is 10.6. The van der Waals surface area contributed by atoms with Crippen LogP contribution in [0.15, 0.2) is 12.4 Å². The van der Waals surface area contributed by atoms with Crippen LogP contribution in [0.25, 0.3) is 0 Å². The van der Waals surface area contributed by atoms with E-state index in [-0.39, 0.29) is 6.61 Å². The van der Waals surface area contributed by atoms with Gasteiger partial charge in [0.05, 0.1) is 6.61 Å². The third kappa shape index (κ3) is 3.40. The Morgan fingerprint density at radius 1 is 1.35 bits per heavy atom. The van der Waals surface area contributed by atoms with Gasteiger partial charge >= 0.3 is 0 Å². The van der Waals surface area contributed by atoms with Crippen LogP contribution in [0.1, 0.15) is 38.2 Å². The van der Waals surface area contributed by atoms with Crippen LogP contribution in [0.5, 0.6) is 0 Å². The molecule has 1 aromatic heterocycles. The van der Waals surface area contributed by atoms with Crippen LogP contribution >= 0.6 is 0 Å². The van der Waals surface area contributed by atoms with E-state index in [1.165, 1.54) is 18.4 Å². The smallest absolute Gasteiger partial charge is 0.225 e. The minimum absolute atomic E-state index is 0.139. The molecule has 1 aliphatic carbocycles. The van der Waals surface area contributed by atoms with E-state index in [0.29, 0.717) is 18.4 Å². The highest BCUT2D eigenvalue weighted by Crippen LogP contribution is 2.39. The van der Waals surface area contributed by atoms with Crippen molar-refractivity contribution in [3.05, 3.63) is 18.0 Å². The molecular formula is C13H21N3O. The maximum Gasteiger partial charge on any atom is 0.225 e. The van der Waals surface area contributed by atoms with Crippen molar-refractivity contribution in [2.75, 3.05) is 24.6 Å². The van der Waals surface area contributed by atoms with Crippen molar-refractivity contribution in [2.24, 2.45) is 5.92 Å². The Labute approximate surface area is 103 Å². The second kappa shape index (κ2) is 5.45. The molecule has 4 heteroatoms. The second-order valence-electron chi connectivity index (χ2n) is 5.15. The molecule has 1 fully saturated rings. The first-order valence-electron chi connectivity index (χ1n) is 6.38. The molecule has 1 aliphatic rings. The largest absolute Gasteiger partial charge is 0.395 e. The minimum atomic E-state index is 0.139.